The second kappa shape index (κ2) is 9.48. The first-order chi connectivity index (χ1) is 11.2. The van der Waals surface area contributed by atoms with E-state index >= 15 is 0 Å². The number of rotatable bonds is 7. The molecule has 5 nitrogen and oxygen atoms in total. The summed E-state index contributed by atoms with van der Waals surface area (Å²) in [4.78, 5) is 23.1. The van der Waals surface area contributed by atoms with E-state index in [9.17, 15) is 4.79 Å². The molecule has 0 atom stereocenters. The molecule has 128 valence electrons. The smallest absolute Gasteiger partial charge is 0.256 e. The molecule has 2 rings (SSSR count). The summed E-state index contributed by atoms with van der Waals surface area (Å²) in [6, 6.07) is 0.468. The molecule has 5 heteroatoms. The third-order valence-corrected chi connectivity index (χ3v) is 4.36. The lowest BCUT2D eigenvalue weighted by Crippen LogP contribution is -2.32. The molecule has 1 heterocycles. The highest BCUT2D eigenvalue weighted by Crippen LogP contribution is 2.19. The van der Waals surface area contributed by atoms with Crippen LogP contribution in [0.15, 0.2) is 12.4 Å². The van der Waals surface area contributed by atoms with E-state index in [1.54, 1.807) is 12.4 Å². The Kier molecular flexibility index (Phi) is 7.30. The molecule has 0 aromatic carbocycles. The highest BCUT2D eigenvalue weighted by molar-refractivity contribution is 5.93. The van der Waals surface area contributed by atoms with Crippen LogP contribution in [-0.4, -0.2) is 39.9 Å². The van der Waals surface area contributed by atoms with E-state index < -0.39 is 0 Å². The molecule has 23 heavy (non-hydrogen) atoms. The lowest BCUT2D eigenvalue weighted by Gasteiger charge is -2.21. The molecule has 1 N–H and O–H groups in total. The first-order valence-electron chi connectivity index (χ1n) is 9.12. The molecule has 0 saturated heterocycles. The lowest BCUT2D eigenvalue weighted by molar-refractivity contribution is 0.0754. The van der Waals surface area contributed by atoms with Gasteiger partial charge in [0.1, 0.15) is 0 Å². The molecule has 1 aromatic rings. The van der Waals surface area contributed by atoms with Crippen LogP contribution in [0.3, 0.4) is 0 Å². The summed E-state index contributed by atoms with van der Waals surface area (Å²) in [7, 11) is 0. The summed E-state index contributed by atoms with van der Waals surface area (Å²) < 4.78 is 0. The van der Waals surface area contributed by atoms with E-state index in [4.69, 9.17) is 0 Å². The minimum absolute atomic E-state index is 0.0368. The Morgan fingerprint density at radius 3 is 2.17 bits per heavy atom. The summed E-state index contributed by atoms with van der Waals surface area (Å²) >= 11 is 0. The van der Waals surface area contributed by atoms with Crippen LogP contribution in [0.2, 0.25) is 0 Å². The van der Waals surface area contributed by atoms with E-state index in [1.807, 2.05) is 4.90 Å². The molecule has 1 aliphatic carbocycles. The van der Waals surface area contributed by atoms with Gasteiger partial charge >= 0.3 is 0 Å². The van der Waals surface area contributed by atoms with Crippen molar-refractivity contribution in [2.75, 3.05) is 18.4 Å². The molecule has 0 bridgehead atoms. The maximum Gasteiger partial charge on any atom is 0.256 e. The SMILES string of the molecule is CCCN(CCC)C(=O)c1cnc(NC2CCCCCC2)nc1. The largest absolute Gasteiger partial charge is 0.351 e. The third kappa shape index (κ3) is 5.48. The summed E-state index contributed by atoms with van der Waals surface area (Å²) in [5.74, 6) is 0.681. The zero-order valence-corrected chi connectivity index (χ0v) is 14.6. The summed E-state index contributed by atoms with van der Waals surface area (Å²) in [5.41, 5.74) is 0.582. The molecule has 1 aromatic heterocycles. The fourth-order valence-corrected chi connectivity index (χ4v) is 3.16. The van der Waals surface area contributed by atoms with Crippen molar-refractivity contribution in [1.82, 2.24) is 14.9 Å². The van der Waals surface area contributed by atoms with Gasteiger partial charge in [0, 0.05) is 31.5 Å². The van der Waals surface area contributed by atoms with Crippen molar-refractivity contribution in [1.29, 1.82) is 0 Å². The quantitative estimate of drug-likeness (QED) is 0.775. The second-order valence-corrected chi connectivity index (χ2v) is 6.42. The molecule has 0 aliphatic heterocycles. The van der Waals surface area contributed by atoms with Crippen LogP contribution in [-0.2, 0) is 0 Å². The molecular weight excluding hydrogens is 288 g/mol. The van der Waals surface area contributed by atoms with E-state index in [2.05, 4.69) is 29.1 Å². The van der Waals surface area contributed by atoms with Crippen molar-refractivity contribution in [2.24, 2.45) is 0 Å². The number of nitrogens with one attached hydrogen (secondary N) is 1. The first-order valence-corrected chi connectivity index (χ1v) is 9.12. The number of carbonyl (C=O) groups excluding carboxylic acids is 1. The predicted octanol–water partition coefficient (Wildman–Crippen LogP) is 3.87. The van der Waals surface area contributed by atoms with Crippen LogP contribution in [0.5, 0.6) is 0 Å². The average molecular weight is 318 g/mol. The Morgan fingerprint density at radius 1 is 1.09 bits per heavy atom. The van der Waals surface area contributed by atoms with Gasteiger partial charge in [-0.2, -0.15) is 0 Å². The van der Waals surface area contributed by atoms with Crippen LogP contribution in [0.1, 0.15) is 75.6 Å². The van der Waals surface area contributed by atoms with Gasteiger partial charge in [0.05, 0.1) is 5.56 Å². The van der Waals surface area contributed by atoms with E-state index in [0.717, 1.165) is 25.9 Å². The van der Waals surface area contributed by atoms with E-state index in [0.29, 0.717) is 17.6 Å². The minimum Gasteiger partial charge on any atom is -0.351 e. The predicted molar refractivity (Wildman–Crippen MR) is 93.6 cm³/mol. The first kappa shape index (κ1) is 17.7. The van der Waals surface area contributed by atoms with Gasteiger partial charge in [0.25, 0.3) is 5.91 Å². The molecule has 1 amide bonds. The second-order valence-electron chi connectivity index (χ2n) is 6.42. The van der Waals surface area contributed by atoms with Crippen LogP contribution in [0.25, 0.3) is 0 Å². The maximum absolute atomic E-state index is 12.5. The number of hydrogen-bond acceptors (Lipinski definition) is 4. The van der Waals surface area contributed by atoms with Gasteiger partial charge in [0.15, 0.2) is 0 Å². The van der Waals surface area contributed by atoms with Crippen LogP contribution >= 0.6 is 0 Å². The van der Waals surface area contributed by atoms with Gasteiger partial charge in [-0.15, -0.1) is 0 Å². The van der Waals surface area contributed by atoms with Crippen molar-refractivity contribution in [3.63, 3.8) is 0 Å². The number of amides is 1. The number of carbonyl (C=O) groups is 1. The standard InChI is InChI=1S/C18H30N4O/c1-3-11-22(12-4-2)17(23)15-13-19-18(20-14-15)21-16-9-7-5-6-8-10-16/h13-14,16H,3-12H2,1-2H3,(H,19,20,21). The minimum atomic E-state index is 0.0368. The zero-order valence-electron chi connectivity index (χ0n) is 14.6. The Balaban J connectivity index is 1.96. The number of aromatic nitrogens is 2. The van der Waals surface area contributed by atoms with Crippen molar-refractivity contribution >= 4 is 11.9 Å². The van der Waals surface area contributed by atoms with Crippen molar-refractivity contribution in [3.8, 4) is 0 Å². The Bertz CT molecular complexity index is 460. The molecule has 0 radical (unpaired) electrons. The van der Waals surface area contributed by atoms with Crippen LogP contribution in [0.4, 0.5) is 5.95 Å². The molecule has 1 saturated carbocycles. The molecule has 0 spiro atoms. The fraction of sp³-hybridized carbons (Fsp3) is 0.722. The van der Waals surface area contributed by atoms with Crippen molar-refractivity contribution < 1.29 is 4.79 Å². The van der Waals surface area contributed by atoms with E-state index in [1.165, 1.54) is 38.5 Å². The highest BCUT2D eigenvalue weighted by atomic mass is 16.2. The van der Waals surface area contributed by atoms with Crippen LogP contribution < -0.4 is 5.32 Å². The van der Waals surface area contributed by atoms with Gasteiger partial charge in [-0.3, -0.25) is 4.79 Å². The van der Waals surface area contributed by atoms with Crippen molar-refractivity contribution in [3.05, 3.63) is 18.0 Å². The summed E-state index contributed by atoms with van der Waals surface area (Å²) in [6.07, 6.45) is 12.8. The molecule has 1 fully saturated rings. The van der Waals surface area contributed by atoms with E-state index in [-0.39, 0.29) is 5.91 Å². The Morgan fingerprint density at radius 2 is 1.65 bits per heavy atom. The third-order valence-electron chi connectivity index (χ3n) is 4.36. The number of anilines is 1. The number of hydrogen-bond donors (Lipinski definition) is 1. The van der Waals surface area contributed by atoms with Gasteiger partial charge < -0.3 is 10.2 Å². The average Bonchev–Trinajstić information content (AvgIpc) is 2.83. The van der Waals surface area contributed by atoms with Crippen molar-refractivity contribution in [2.45, 2.75) is 71.3 Å². The Hall–Kier alpha value is -1.65. The Labute approximate surface area is 139 Å². The normalized spacial score (nSPS) is 15.9. The topological polar surface area (TPSA) is 58.1 Å². The van der Waals surface area contributed by atoms with Crippen LogP contribution in [0, 0.1) is 0 Å². The molecule has 0 unspecified atom stereocenters. The summed E-state index contributed by atoms with van der Waals surface area (Å²) in [6.45, 7) is 5.75. The van der Waals surface area contributed by atoms with Gasteiger partial charge in [-0.1, -0.05) is 39.5 Å². The zero-order chi connectivity index (χ0) is 16.5. The summed E-state index contributed by atoms with van der Waals surface area (Å²) in [5, 5.41) is 3.42. The van der Waals surface area contributed by atoms with Gasteiger partial charge in [-0.25, -0.2) is 9.97 Å². The monoisotopic (exact) mass is 318 g/mol. The van der Waals surface area contributed by atoms with Gasteiger partial charge in [-0.05, 0) is 25.7 Å². The maximum atomic E-state index is 12.5. The highest BCUT2D eigenvalue weighted by Gasteiger charge is 2.16. The molecular formula is C18H30N4O. The molecule has 1 aliphatic rings. The fourth-order valence-electron chi connectivity index (χ4n) is 3.16. The lowest BCUT2D eigenvalue weighted by atomic mass is 10.1. The number of nitrogens with zero attached hydrogens (tertiary/aromatic N) is 3. The van der Waals surface area contributed by atoms with Gasteiger partial charge in [0.2, 0.25) is 5.95 Å².